The fourth-order valence-corrected chi connectivity index (χ4v) is 9.82. The van der Waals surface area contributed by atoms with Crippen LogP contribution in [0.1, 0.15) is 85.6 Å². The predicted molar refractivity (Wildman–Crippen MR) is 166 cm³/mol. The zero-order valence-corrected chi connectivity index (χ0v) is 28.9. The van der Waals surface area contributed by atoms with Crippen LogP contribution in [0, 0.1) is 28.6 Å². The monoisotopic (exact) mass is 684 g/mol. The molecule has 0 bridgehead atoms. The summed E-state index contributed by atoms with van der Waals surface area (Å²) in [5.41, 5.74) is -5.15. The molecular formula is C36H44O13. The number of carbonyl (C=O) groups is 6. The van der Waals surface area contributed by atoms with Crippen molar-refractivity contribution in [2.45, 2.75) is 116 Å². The lowest BCUT2D eigenvalue weighted by Gasteiger charge is -2.58. The van der Waals surface area contributed by atoms with Gasteiger partial charge in [0.15, 0.2) is 5.78 Å². The maximum absolute atomic E-state index is 14.7. The lowest BCUT2D eigenvalue weighted by Crippen LogP contribution is -2.70. The minimum atomic E-state index is -2.04. The van der Waals surface area contributed by atoms with Gasteiger partial charge in [0.2, 0.25) is 11.7 Å². The second-order valence-corrected chi connectivity index (χ2v) is 14.9. The summed E-state index contributed by atoms with van der Waals surface area (Å²) in [5, 5.41) is 0. The number of furan rings is 1. The van der Waals surface area contributed by atoms with Gasteiger partial charge in [0.1, 0.15) is 24.4 Å². The highest BCUT2D eigenvalue weighted by Gasteiger charge is 2.81. The smallest absolute Gasteiger partial charge is 0.348 e. The van der Waals surface area contributed by atoms with E-state index in [4.69, 9.17) is 32.8 Å². The molecular weight excluding hydrogens is 640 g/mol. The van der Waals surface area contributed by atoms with Gasteiger partial charge in [0.05, 0.1) is 36.9 Å². The van der Waals surface area contributed by atoms with Crippen LogP contribution in [0.15, 0.2) is 35.2 Å². The van der Waals surface area contributed by atoms with Crippen LogP contribution in [0.4, 0.5) is 0 Å². The molecule has 0 unspecified atom stereocenters. The maximum atomic E-state index is 14.7. The third-order valence-electron chi connectivity index (χ3n) is 12.2. The van der Waals surface area contributed by atoms with E-state index in [1.54, 1.807) is 26.8 Å². The summed E-state index contributed by atoms with van der Waals surface area (Å²) in [6, 6.07) is 1.69. The second-order valence-electron chi connectivity index (χ2n) is 14.9. The predicted octanol–water partition coefficient (Wildman–Crippen LogP) is 3.76. The quantitative estimate of drug-likeness (QED) is 0.231. The number of cyclic esters (lactones) is 1. The highest BCUT2D eigenvalue weighted by Crippen LogP contribution is 2.71. The Kier molecular flexibility index (Phi) is 8.40. The first-order chi connectivity index (χ1) is 22.9. The number of esters is 5. The first kappa shape index (κ1) is 34.8. The van der Waals surface area contributed by atoms with Gasteiger partial charge in [-0.05, 0) is 30.5 Å². The van der Waals surface area contributed by atoms with Gasteiger partial charge in [-0.1, -0.05) is 34.3 Å². The van der Waals surface area contributed by atoms with E-state index in [9.17, 15) is 28.8 Å². The normalized spacial score (nSPS) is 40.7. The maximum Gasteiger partial charge on any atom is 0.348 e. The van der Waals surface area contributed by atoms with Crippen molar-refractivity contribution in [2.75, 3.05) is 6.61 Å². The summed E-state index contributed by atoms with van der Waals surface area (Å²) in [6.07, 6.45) is -1.59. The van der Waals surface area contributed by atoms with Crippen LogP contribution in [0.5, 0.6) is 0 Å². The van der Waals surface area contributed by atoms with E-state index < -0.39 is 106 Å². The minimum absolute atomic E-state index is 0.121. The van der Waals surface area contributed by atoms with Crippen LogP contribution in [0.3, 0.4) is 0 Å². The number of fused-ring (bicyclic) bond motifs is 6. The molecule has 0 spiro atoms. The summed E-state index contributed by atoms with van der Waals surface area (Å²) < 4.78 is 41.7. The molecule has 0 N–H and O–H groups in total. The summed E-state index contributed by atoms with van der Waals surface area (Å²) in [6.45, 7) is 15.5. The third kappa shape index (κ3) is 4.89. The van der Waals surface area contributed by atoms with Crippen molar-refractivity contribution in [2.24, 2.45) is 28.6 Å². The van der Waals surface area contributed by atoms with Crippen molar-refractivity contribution in [3.8, 4) is 0 Å². The summed E-state index contributed by atoms with van der Waals surface area (Å²) in [4.78, 5) is 80.4. The van der Waals surface area contributed by atoms with Gasteiger partial charge in [0, 0.05) is 49.4 Å². The Morgan fingerprint density at radius 2 is 1.76 bits per heavy atom. The number of ether oxygens (including phenoxy) is 6. The van der Waals surface area contributed by atoms with Gasteiger partial charge in [0.25, 0.3) is 0 Å². The van der Waals surface area contributed by atoms with Crippen molar-refractivity contribution in [1.29, 1.82) is 0 Å². The molecule has 2 saturated carbocycles. The van der Waals surface area contributed by atoms with Crippen molar-refractivity contribution >= 4 is 35.6 Å². The molecule has 3 saturated heterocycles. The molecule has 5 aliphatic rings. The Morgan fingerprint density at radius 3 is 2.37 bits per heavy atom. The molecule has 0 aromatic carbocycles. The van der Waals surface area contributed by atoms with Crippen LogP contribution in [0.2, 0.25) is 0 Å². The van der Waals surface area contributed by atoms with Gasteiger partial charge in [-0.15, -0.1) is 0 Å². The Labute approximate surface area is 284 Å². The number of ketones is 1. The molecule has 6 rings (SSSR count). The lowest BCUT2D eigenvalue weighted by atomic mass is 9.48. The molecule has 266 valence electrons. The topological polar surface area (TPSA) is 171 Å². The Bertz CT molecular complexity index is 1600. The van der Waals surface area contributed by atoms with Crippen LogP contribution in [0.25, 0.3) is 0 Å². The van der Waals surface area contributed by atoms with Gasteiger partial charge >= 0.3 is 29.8 Å². The van der Waals surface area contributed by atoms with Gasteiger partial charge in [-0.25, -0.2) is 4.79 Å². The fourth-order valence-electron chi connectivity index (χ4n) is 9.82. The molecule has 0 amide bonds. The Morgan fingerprint density at radius 1 is 1.04 bits per heavy atom. The van der Waals surface area contributed by atoms with Crippen LogP contribution in [-0.2, 0) is 57.2 Å². The Balaban J connectivity index is 1.59. The minimum Gasteiger partial charge on any atom is -0.472 e. The molecule has 0 radical (unpaired) electrons. The van der Waals surface area contributed by atoms with E-state index in [-0.39, 0.29) is 31.4 Å². The fraction of sp³-hybridized carbons (Fsp3) is 0.667. The average molecular weight is 685 g/mol. The number of carbonyl (C=O) groups excluding carboxylic acids is 6. The third-order valence-corrected chi connectivity index (χ3v) is 12.2. The summed E-state index contributed by atoms with van der Waals surface area (Å²) in [7, 11) is 0. The summed E-state index contributed by atoms with van der Waals surface area (Å²) >= 11 is 0. The van der Waals surface area contributed by atoms with E-state index in [2.05, 4.69) is 6.58 Å². The SMILES string of the molecule is C=C1[C@H]2[C@H](O[C@@H]3CC(=O)O[C@]4(C)COC(=O)C[C@@H]4[C@@]32C)[C@@H](OC(=O)[C@H](OC(C)=O)[C@@H](C)CC)[C@@]2(C)[C@H](c3ccoc3)CC(=O)[C@@]12OC(C)=O. The van der Waals surface area contributed by atoms with Crippen molar-refractivity contribution in [3.05, 3.63) is 36.3 Å². The molecule has 2 aliphatic carbocycles. The van der Waals surface area contributed by atoms with Crippen LogP contribution in [-0.4, -0.2) is 77.9 Å². The van der Waals surface area contributed by atoms with E-state index in [0.717, 1.165) is 0 Å². The van der Waals surface area contributed by atoms with E-state index in [1.165, 1.54) is 26.4 Å². The van der Waals surface area contributed by atoms with Crippen LogP contribution >= 0.6 is 0 Å². The van der Waals surface area contributed by atoms with E-state index >= 15 is 0 Å². The van der Waals surface area contributed by atoms with Gasteiger partial charge in [-0.2, -0.15) is 0 Å². The molecule has 1 aromatic rings. The number of hydrogen-bond donors (Lipinski definition) is 0. The highest BCUT2D eigenvalue weighted by atomic mass is 16.6. The zero-order valence-electron chi connectivity index (χ0n) is 28.9. The van der Waals surface area contributed by atoms with Gasteiger partial charge in [-0.3, -0.25) is 24.0 Å². The summed E-state index contributed by atoms with van der Waals surface area (Å²) in [5.74, 6) is -6.58. The Hall–Kier alpha value is -4.00. The molecule has 5 fully saturated rings. The molecule has 3 aliphatic heterocycles. The molecule has 13 heteroatoms. The molecule has 4 heterocycles. The first-order valence-electron chi connectivity index (χ1n) is 16.8. The lowest BCUT2D eigenvalue weighted by molar-refractivity contribution is -0.224. The largest absolute Gasteiger partial charge is 0.472 e. The molecule has 13 nitrogen and oxygen atoms in total. The number of hydrogen-bond acceptors (Lipinski definition) is 13. The van der Waals surface area contributed by atoms with Gasteiger partial charge < -0.3 is 32.8 Å². The van der Waals surface area contributed by atoms with Crippen LogP contribution < -0.4 is 0 Å². The van der Waals surface area contributed by atoms with Crippen molar-refractivity contribution in [1.82, 2.24) is 0 Å². The number of Topliss-reactive ketones (excluding diaryl/α,β-unsaturated/α-hetero) is 1. The van der Waals surface area contributed by atoms with Crippen molar-refractivity contribution < 1.29 is 61.6 Å². The second kappa shape index (κ2) is 11.8. The number of rotatable bonds is 7. The van der Waals surface area contributed by atoms with E-state index in [0.29, 0.717) is 12.0 Å². The standard InChI is InChI=1S/C36H44O13/c1-9-17(2)29(45-19(4)37)32(42)47-31-30-28(34(7)23-13-26(40)44-16-33(23,6)49-27(41)14-25(34)46-30)18(3)36(48-20(5)38)24(39)12-22(35(31,36)8)21-10-11-43-15-21/h10-11,15,17,22-23,25,28-31H,3,9,12-14,16H2,1-2,4-8H3/t17-,22-,23-,25+,28-,29+,30-,31+,33+,34-,35+,36-/m0/s1. The zero-order chi connectivity index (χ0) is 35.8. The van der Waals surface area contributed by atoms with E-state index in [1.807, 2.05) is 13.8 Å². The molecule has 49 heavy (non-hydrogen) atoms. The molecule has 1 aromatic heterocycles. The first-order valence-corrected chi connectivity index (χ1v) is 16.8. The highest BCUT2D eigenvalue weighted by molar-refractivity contribution is 5.98. The molecule has 12 atom stereocenters. The average Bonchev–Trinajstić information content (AvgIpc) is 3.69. The van der Waals surface area contributed by atoms with Crippen molar-refractivity contribution in [3.63, 3.8) is 0 Å².